The van der Waals surface area contributed by atoms with E-state index in [1.54, 1.807) is 18.3 Å². The number of carbonyl (C=O) groups excluding carboxylic acids is 1. The zero-order chi connectivity index (χ0) is 13.9. The largest absolute Gasteiger partial charge is 0.350 e. The second-order valence-corrected chi connectivity index (χ2v) is 9.21. The maximum absolute atomic E-state index is 12.1. The first-order valence-electron chi connectivity index (χ1n) is 5.61. The molecule has 1 aromatic heterocycles. The number of hydrogen-bond donors (Lipinski definition) is 1. The molecule has 1 heterocycles. The highest BCUT2D eigenvalue weighted by Crippen LogP contribution is 2.22. The van der Waals surface area contributed by atoms with Gasteiger partial charge in [-0.1, -0.05) is 0 Å². The standard InChI is InChI=1S/C12H18BrNO2S2/c1-8(11(15)14-12(2,3)4)18(16)7-9-5-10(13)17-6-9/h5-6,8H,7H2,1-4H3,(H,14,15). The zero-order valence-corrected chi connectivity index (χ0v) is 14.2. The van der Waals surface area contributed by atoms with Crippen molar-refractivity contribution < 1.29 is 9.00 Å². The first kappa shape index (κ1) is 15.9. The molecule has 1 aromatic rings. The summed E-state index contributed by atoms with van der Waals surface area (Å²) in [4.78, 5) is 11.9. The maximum atomic E-state index is 12.1. The SMILES string of the molecule is CC(C(=O)NC(C)(C)C)S(=O)Cc1csc(Br)c1. The summed E-state index contributed by atoms with van der Waals surface area (Å²) in [6.07, 6.45) is 0. The summed E-state index contributed by atoms with van der Waals surface area (Å²) in [7, 11) is -1.19. The van der Waals surface area contributed by atoms with Gasteiger partial charge in [-0.3, -0.25) is 9.00 Å². The fourth-order valence-corrected chi connectivity index (χ4v) is 3.66. The topological polar surface area (TPSA) is 46.2 Å². The molecule has 18 heavy (non-hydrogen) atoms. The summed E-state index contributed by atoms with van der Waals surface area (Å²) in [6, 6.07) is 1.94. The van der Waals surface area contributed by atoms with E-state index in [2.05, 4.69) is 21.2 Å². The number of halogens is 1. The van der Waals surface area contributed by atoms with E-state index in [1.807, 2.05) is 32.2 Å². The quantitative estimate of drug-likeness (QED) is 0.905. The van der Waals surface area contributed by atoms with Gasteiger partial charge >= 0.3 is 0 Å². The van der Waals surface area contributed by atoms with Crippen LogP contribution < -0.4 is 5.32 Å². The molecule has 0 spiro atoms. The Morgan fingerprint density at radius 1 is 1.56 bits per heavy atom. The van der Waals surface area contributed by atoms with Crippen molar-refractivity contribution in [2.45, 2.75) is 44.2 Å². The summed E-state index contributed by atoms with van der Waals surface area (Å²) in [5.74, 6) is 0.260. The lowest BCUT2D eigenvalue weighted by atomic mass is 10.1. The Labute approximate surface area is 123 Å². The highest BCUT2D eigenvalue weighted by atomic mass is 79.9. The minimum Gasteiger partial charge on any atom is -0.350 e. The van der Waals surface area contributed by atoms with Gasteiger partial charge in [-0.15, -0.1) is 11.3 Å². The molecule has 2 atom stereocenters. The predicted molar refractivity (Wildman–Crippen MR) is 81.2 cm³/mol. The third-order valence-corrected chi connectivity index (χ3v) is 5.37. The molecule has 0 bridgehead atoms. The summed E-state index contributed by atoms with van der Waals surface area (Å²) < 4.78 is 13.1. The van der Waals surface area contributed by atoms with Crippen LogP contribution in [0.2, 0.25) is 0 Å². The van der Waals surface area contributed by atoms with E-state index in [0.717, 1.165) is 9.35 Å². The normalized spacial score (nSPS) is 15.2. The lowest BCUT2D eigenvalue weighted by Gasteiger charge is -2.22. The van der Waals surface area contributed by atoms with Crippen LogP contribution >= 0.6 is 27.3 Å². The summed E-state index contributed by atoms with van der Waals surface area (Å²) >= 11 is 4.93. The monoisotopic (exact) mass is 351 g/mol. The van der Waals surface area contributed by atoms with Crippen LogP contribution in [0.25, 0.3) is 0 Å². The number of nitrogens with one attached hydrogen (secondary N) is 1. The Balaban J connectivity index is 2.59. The van der Waals surface area contributed by atoms with Crippen molar-refractivity contribution >= 4 is 44.0 Å². The van der Waals surface area contributed by atoms with Crippen LogP contribution in [0.1, 0.15) is 33.3 Å². The molecule has 1 rings (SSSR count). The third kappa shape index (κ3) is 5.20. The second kappa shape index (κ2) is 6.30. The van der Waals surface area contributed by atoms with E-state index in [9.17, 15) is 9.00 Å². The number of thiophene rings is 1. The Kier molecular flexibility index (Phi) is 5.55. The van der Waals surface area contributed by atoms with Crippen molar-refractivity contribution in [2.75, 3.05) is 0 Å². The van der Waals surface area contributed by atoms with Gasteiger partial charge in [0.1, 0.15) is 5.25 Å². The smallest absolute Gasteiger partial charge is 0.235 e. The summed E-state index contributed by atoms with van der Waals surface area (Å²) in [5.41, 5.74) is 0.710. The van der Waals surface area contributed by atoms with Gasteiger partial charge < -0.3 is 5.32 Å². The molecule has 6 heteroatoms. The van der Waals surface area contributed by atoms with Gasteiger partial charge in [0.25, 0.3) is 0 Å². The van der Waals surface area contributed by atoms with Gasteiger partial charge in [0, 0.05) is 16.3 Å². The number of hydrogen-bond acceptors (Lipinski definition) is 3. The Morgan fingerprint density at radius 3 is 2.61 bits per heavy atom. The third-order valence-electron chi connectivity index (χ3n) is 2.19. The Bertz CT molecular complexity index is 451. The molecule has 0 fully saturated rings. The van der Waals surface area contributed by atoms with Crippen LogP contribution in [0.3, 0.4) is 0 Å². The highest BCUT2D eigenvalue weighted by molar-refractivity contribution is 9.11. The van der Waals surface area contributed by atoms with Crippen LogP contribution in [0.4, 0.5) is 0 Å². The zero-order valence-electron chi connectivity index (χ0n) is 11.0. The lowest BCUT2D eigenvalue weighted by molar-refractivity contribution is -0.121. The average Bonchev–Trinajstić information content (AvgIpc) is 2.60. The maximum Gasteiger partial charge on any atom is 0.235 e. The van der Waals surface area contributed by atoms with Gasteiger partial charge in [-0.05, 0) is 60.6 Å². The van der Waals surface area contributed by atoms with Crippen molar-refractivity contribution in [2.24, 2.45) is 0 Å². The van der Waals surface area contributed by atoms with Gasteiger partial charge in [-0.2, -0.15) is 0 Å². The van der Waals surface area contributed by atoms with Gasteiger partial charge in [0.05, 0.1) is 9.54 Å². The molecule has 2 unspecified atom stereocenters. The summed E-state index contributed by atoms with van der Waals surface area (Å²) in [6.45, 7) is 7.45. The second-order valence-electron chi connectivity index (χ2n) is 5.17. The van der Waals surface area contributed by atoms with Crippen molar-refractivity contribution in [3.63, 3.8) is 0 Å². The molecule has 0 radical (unpaired) electrons. The molecule has 0 aromatic carbocycles. The fraction of sp³-hybridized carbons (Fsp3) is 0.583. The Morgan fingerprint density at radius 2 is 2.17 bits per heavy atom. The Hall–Kier alpha value is -0.200. The molecule has 102 valence electrons. The van der Waals surface area contributed by atoms with E-state index in [4.69, 9.17) is 0 Å². The van der Waals surface area contributed by atoms with Crippen LogP contribution in [-0.2, 0) is 21.3 Å². The molecule has 3 nitrogen and oxygen atoms in total. The molecule has 0 aliphatic carbocycles. The van der Waals surface area contributed by atoms with E-state index in [0.29, 0.717) is 5.75 Å². The van der Waals surface area contributed by atoms with E-state index < -0.39 is 16.0 Å². The molecule has 0 saturated heterocycles. The fourth-order valence-electron chi connectivity index (χ4n) is 1.30. The molecule has 0 saturated carbocycles. The van der Waals surface area contributed by atoms with Crippen LogP contribution in [0.15, 0.2) is 15.2 Å². The molecule has 0 aliphatic rings. The minimum absolute atomic E-state index is 0.157. The highest BCUT2D eigenvalue weighted by Gasteiger charge is 2.24. The van der Waals surface area contributed by atoms with E-state index in [1.165, 1.54) is 0 Å². The molecule has 1 amide bonds. The van der Waals surface area contributed by atoms with Gasteiger partial charge in [-0.25, -0.2) is 0 Å². The summed E-state index contributed by atoms with van der Waals surface area (Å²) in [5, 5.41) is 4.31. The molecule has 0 aliphatic heterocycles. The lowest BCUT2D eigenvalue weighted by Crippen LogP contribution is -2.46. The first-order valence-corrected chi connectivity index (χ1v) is 8.66. The van der Waals surface area contributed by atoms with Crippen molar-refractivity contribution in [1.29, 1.82) is 0 Å². The van der Waals surface area contributed by atoms with Crippen LogP contribution in [-0.4, -0.2) is 20.9 Å². The number of rotatable bonds is 4. The van der Waals surface area contributed by atoms with Gasteiger partial charge in [0.2, 0.25) is 5.91 Å². The molecule has 1 N–H and O–H groups in total. The van der Waals surface area contributed by atoms with Crippen molar-refractivity contribution in [1.82, 2.24) is 5.32 Å². The number of carbonyl (C=O) groups is 1. The van der Waals surface area contributed by atoms with Crippen molar-refractivity contribution in [3.8, 4) is 0 Å². The predicted octanol–water partition coefficient (Wildman–Crippen LogP) is 3.06. The average molecular weight is 352 g/mol. The van der Waals surface area contributed by atoms with Crippen LogP contribution in [0, 0.1) is 0 Å². The van der Waals surface area contributed by atoms with E-state index in [-0.39, 0.29) is 11.4 Å². The van der Waals surface area contributed by atoms with Gasteiger partial charge in [0.15, 0.2) is 0 Å². The number of amides is 1. The van der Waals surface area contributed by atoms with E-state index >= 15 is 0 Å². The van der Waals surface area contributed by atoms with Crippen molar-refractivity contribution in [3.05, 3.63) is 20.8 Å². The minimum atomic E-state index is -1.19. The molecular formula is C12H18BrNO2S2. The first-order chi connectivity index (χ1) is 8.19. The van der Waals surface area contributed by atoms with Crippen LogP contribution in [0.5, 0.6) is 0 Å². The molecular weight excluding hydrogens is 334 g/mol.